The SMILES string of the molecule is CCOc1ccc(S(=O)(=O)N[C@@H](Cc2ccccc2)C(=O)Nc2cccc(NC(C)=O)c2)cc1Cl. The number of carbonyl (C=O) groups is 2. The number of anilines is 2. The van der Waals surface area contributed by atoms with Gasteiger partial charge in [-0.05, 0) is 55.3 Å². The van der Waals surface area contributed by atoms with Crippen LogP contribution in [-0.4, -0.2) is 32.9 Å². The molecule has 3 aromatic rings. The Balaban J connectivity index is 1.86. The van der Waals surface area contributed by atoms with Gasteiger partial charge in [-0.1, -0.05) is 48.0 Å². The van der Waals surface area contributed by atoms with Crippen molar-refractivity contribution in [2.75, 3.05) is 17.2 Å². The molecule has 0 unspecified atom stereocenters. The van der Waals surface area contributed by atoms with Crippen molar-refractivity contribution in [1.29, 1.82) is 0 Å². The molecule has 10 heteroatoms. The largest absolute Gasteiger partial charge is 0.492 e. The average molecular weight is 516 g/mol. The van der Waals surface area contributed by atoms with Gasteiger partial charge in [0.05, 0.1) is 16.5 Å². The van der Waals surface area contributed by atoms with Crippen LogP contribution >= 0.6 is 11.6 Å². The molecule has 0 bridgehead atoms. The van der Waals surface area contributed by atoms with Gasteiger partial charge >= 0.3 is 0 Å². The number of sulfonamides is 1. The summed E-state index contributed by atoms with van der Waals surface area (Å²) in [7, 11) is -4.10. The van der Waals surface area contributed by atoms with Gasteiger partial charge in [0.15, 0.2) is 0 Å². The monoisotopic (exact) mass is 515 g/mol. The number of benzene rings is 3. The first-order chi connectivity index (χ1) is 16.7. The summed E-state index contributed by atoms with van der Waals surface area (Å²) in [4.78, 5) is 24.4. The second-order valence-electron chi connectivity index (χ2n) is 7.64. The molecule has 3 rings (SSSR count). The number of amides is 2. The summed E-state index contributed by atoms with van der Waals surface area (Å²) >= 11 is 6.17. The highest BCUT2D eigenvalue weighted by Crippen LogP contribution is 2.27. The van der Waals surface area contributed by atoms with Gasteiger partial charge in [-0.2, -0.15) is 4.72 Å². The Morgan fingerprint density at radius 1 is 0.943 bits per heavy atom. The van der Waals surface area contributed by atoms with Crippen LogP contribution < -0.4 is 20.1 Å². The Bertz CT molecular complexity index is 1300. The van der Waals surface area contributed by atoms with Crippen LogP contribution in [0, 0.1) is 0 Å². The summed E-state index contributed by atoms with van der Waals surface area (Å²) in [5.41, 5.74) is 1.68. The highest BCUT2D eigenvalue weighted by molar-refractivity contribution is 7.89. The normalized spacial score (nSPS) is 12.0. The topological polar surface area (TPSA) is 114 Å². The fraction of sp³-hybridized carbons (Fsp3) is 0.200. The third-order valence-electron chi connectivity index (χ3n) is 4.86. The Hall–Kier alpha value is -3.40. The van der Waals surface area contributed by atoms with Crippen LogP contribution in [0.2, 0.25) is 5.02 Å². The first-order valence-corrected chi connectivity index (χ1v) is 12.7. The van der Waals surface area contributed by atoms with E-state index in [1.54, 1.807) is 43.3 Å². The predicted octanol–water partition coefficient (Wildman–Crippen LogP) is 4.23. The van der Waals surface area contributed by atoms with Crippen LogP contribution in [0.3, 0.4) is 0 Å². The van der Waals surface area contributed by atoms with Crippen LogP contribution in [0.5, 0.6) is 5.75 Å². The Kier molecular flexibility index (Phi) is 8.86. The molecule has 0 radical (unpaired) electrons. The molecule has 8 nitrogen and oxygen atoms in total. The third-order valence-corrected chi connectivity index (χ3v) is 6.63. The molecule has 0 spiro atoms. The van der Waals surface area contributed by atoms with Crippen molar-refractivity contribution in [3.8, 4) is 5.75 Å². The highest BCUT2D eigenvalue weighted by Gasteiger charge is 2.27. The van der Waals surface area contributed by atoms with Crippen molar-refractivity contribution in [2.45, 2.75) is 31.2 Å². The number of halogens is 1. The fourth-order valence-electron chi connectivity index (χ4n) is 3.32. The van der Waals surface area contributed by atoms with Crippen LogP contribution in [0.1, 0.15) is 19.4 Å². The molecule has 0 fully saturated rings. The smallest absolute Gasteiger partial charge is 0.242 e. The Labute approximate surface area is 209 Å². The molecular formula is C25H26ClN3O5S. The van der Waals surface area contributed by atoms with Crippen molar-refractivity contribution < 1.29 is 22.7 Å². The maximum Gasteiger partial charge on any atom is 0.242 e. The Morgan fingerprint density at radius 2 is 1.63 bits per heavy atom. The minimum absolute atomic E-state index is 0.0931. The van der Waals surface area contributed by atoms with E-state index >= 15 is 0 Å². The van der Waals surface area contributed by atoms with Crippen molar-refractivity contribution >= 4 is 44.8 Å². The van der Waals surface area contributed by atoms with Crippen LogP contribution in [-0.2, 0) is 26.0 Å². The van der Waals surface area contributed by atoms with Gasteiger partial charge in [-0.25, -0.2) is 8.42 Å². The zero-order valence-corrected chi connectivity index (χ0v) is 20.8. The molecule has 0 aromatic heterocycles. The average Bonchev–Trinajstić information content (AvgIpc) is 2.80. The first kappa shape index (κ1) is 26.2. The molecule has 2 amide bonds. The summed E-state index contributed by atoms with van der Waals surface area (Å²) in [5, 5.41) is 5.51. The Morgan fingerprint density at radius 3 is 2.26 bits per heavy atom. The number of hydrogen-bond donors (Lipinski definition) is 3. The van der Waals surface area contributed by atoms with Crippen molar-refractivity contribution in [2.24, 2.45) is 0 Å². The van der Waals surface area contributed by atoms with Crippen molar-refractivity contribution in [3.63, 3.8) is 0 Å². The van der Waals surface area contributed by atoms with Crippen LogP contribution in [0.15, 0.2) is 77.7 Å². The minimum Gasteiger partial charge on any atom is -0.492 e. The lowest BCUT2D eigenvalue weighted by Gasteiger charge is -2.19. The zero-order valence-electron chi connectivity index (χ0n) is 19.2. The molecular weight excluding hydrogens is 490 g/mol. The highest BCUT2D eigenvalue weighted by atomic mass is 35.5. The lowest BCUT2D eigenvalue weighted by molar-refractivity contribution is -0.117. The lowest BCUT2D eigenvalue weighted by atomic mass is 10.1. The number of nitrogens with one attached hydrogen (secondary N) is 3. The standard InChI is InChI=1S/C25H26ClN3O5S/c1-3-34-24-13-12-21(16-22(24)26)35(32,33)29-23(14-18-8-5-4-6-9-18)25(31)28-20-11-7-10-19(15-20)27-17(2)30/h4-13,15-16,23,29H,3,14H2,1-2H3,(H,27,30)(H,28,31)/t23-/m0/s1. The maximum atomic E-state index is 13.2. The molecule has 0 aliphatic carbocycles. The maximum absolute atomic E-state index is 13.2. The van der Waals surface area contributed by atoms with E-state index in [1.807, 2.05) is 18.2 Å². The van der Waals surface area contributed by atoms with Gasteiger partial charge in [0.2, 0.25) is 21.8 Å². The van der Waals surface area contributed by atoms with E-state index in [1.165, 1.54) is 25.1 Å². The summed E-state index contributed by atoms with van der Waals surface area (Å²) < 4.78 is 34.2. The van der Waals surface area contributed by atoms with Crippen molar-refractivity contribution in [3.05, 3.63) is 83.4 Å². The van der Waals surface area contributed by atoms with Gasteiger partial charge in [-0.3, -0.25) is 9.59 Å². The molecule has 0 saturated heterocycles. The van der Waals surface area contributed by atoms with Gasteiger partial charge in [0.1, 0.15) is 11.8 Å². The van der Waals surface area contributed by atoms with Gasteiger partial charge in [0.25, 0.3) is 0 Å². The molecule has 35 heavy (non-hydrogen) atoms. The molecule has 0 heterocycles. The first-order valence-electron chi connectivity index (χ1n) is 10.8. The summed E-state index contributed by atoms with van der Waals surface area (Å²) in [6.07, 6.45) is 0.113. The van der Waals surface area contributed by atoms with E-state index in [0.717, 1.165) is 5.56 Å². The predicted molar refractivity (Wildman–Crippen MR) is 136 cm³/mol. The molecule has 3 N–H and O–H groups in total. The van der Waals surface area contributed by atoms with E-state index < -0.39 is 22.0 Å². The quantitative estimate of drug-likeness (QED) is 0.374. The van der Waals surface area contributed by atoms with E-state index in [0.29, 0.717) is 23.7 Å². The van der Waals surface area contributed by atoms with E-state index in [2.05, 4.69) is 15.4 Å². The van der Waals surface area contributed by atoms with Crippen LogP contribution in [0.4, 0.5) is 11.4 Å². The molecule has 184 valence electrons. The van der Waals surface area contributed by atoms with Crippen LogP contribution in [0.25, 0.3) is 0 Å². The number of ether oxygens (including phenoxy) is 1. The van der Waals surface area contributed by atoms with E-state index in [9.17, 15) is 18.0 Å². The molecule has 0 aliphatic rings. The fourth-order valence-corrected chi connectivity index (χ4v) is 4.84. The number of rotatable bonds is 10. The second-order valence-corrected chi connectivity index (χ2v) is 9.76. The summed E-state index contributed by atoms with van der Waals surface area (Å²) in [6.45, 7) is 3.55. The third kappa shape index (κ3) is 7.54. The van der Waals surface area contributed by atoms with Gasteiger partial charge in [-0.15, -0.1) is 0 Å². The summed E-state index contributed by atoms with van der Waals surface area (Å²) in [6, 6.07) is 18.6. The zero-order chi connectivity index (χ0) is 25.4. The minimum atomic E-state index is -4.10. The lowest BCUT2D eigenvalue weighted by Crippen LogP contribution is -2.45. The molecule has 0 aliphatic heterocycles. The van der Waals surface area contributed by atoms with E-state index in [-0.39, 0.29) is 22.2 Å². The number of carbonyl (C=O) groups excluding carboxylic acids is 2. The molecule has 1 atom stereocenters. The van der Waals surface area contributed by atoms with E-state index in [4.69, 9.17) is 16.3 Å². The van der Waals surface area contributed by atoms with Gasteiger partial charge in [0, 0.05) is 18.3 Å². The van der Waals surface area contributed by atoms with Gasteiger partial charge < -0.3 is 15.4 Å². The van der Waals surface area contributed by atoms with Crippen molar-refractivity contribution in [1.82, 2.24) is 4.72 Å². The molecule has 3 aromatic carbocycles. The summed E-state index contributed by atoms with van der Waals surface area (Å²) in [5.74, 6) is -0.447. The number of hydrogen-bond acceptors (Lipinski definition) is 5. The molecule has 0 saturated carbocycles. The second kappa shape index (κ2) is 11.8.